The number of carbonyl (C=O) groups is 1. The van der Waals surface area contributed by atoms with Gasteiger partial charge in [-0.1, -0.05) is 49.4 Å². The summed E-state index contributed by atoms with van der Waals surface area (Å²) in [6, 6.07) is 20.5. The maximum absolute atomic E-state index is 12.1. The summed E-state index contributed by atoms with van der Waals surface area (Å²) in [5.41, 5.74) is 2.48. The number of para-hydroxylation sites is 1. The first-order chi connectivity index (χ1) is 13.7. The summed E-state index contributed by atoms with van der Waals surface area (Å²) in [7, 11) is 0. The van der Waals surface area contributed by atoms with Crippen LogP contribution in [-0.4, -0.2) is 28.8 Å². The van der Waals surface area contributed by atoms with Gasteiger partial charge in [0.25, 0.3) is 5.56 Å². The van der Waals surface area contributed by atoms with Crippen molar-refractivity contribution in [2.75, 3.05) is 13.2 Å². The molecule has 0 bridgehead atoms. The van der Waals surface area contributed by atoms with Crippen molar-refractivity contribution in [3.63, 3.8) is 0 Å². The van der Waals surface area contributed by atoms with Crippen molar-refractivity contribution in [1.82, 2.24) is 15.1 Å². The summed E-state index contributed by atoms with van der Waals surface area (Å²) in [5, 5.41) is 7.07. The summed E-state index contributed by atoms with van der Waals surface area (Å²) in [6.45, 7) is 2.66. The van der Waals surface area contributed by atoms with Crippen molar-refractivity contribution >= 4 is 5.91 Å². The molecule has 6 nitrogen and oxygen atoms in total. The molecule has 1 N–H and O–H groups in total. The molecule has 0 aliphatic heterocycles. The molecule has 0 atom stereocenters. The Morgan fingerprint density at radius 2 is 1.79 bits per heavy atom. The van der Waals surface area contributed by atoms with E-state index in [1.54, 1.807) is 6.07 Å². The molecule has 0 aliphatic rings. The number of aromatic nitrogens is 2. The zero-order chi connectivity index (χ0) is 19.8. The molecule has 144 valence electrons. The molecule has 0 spiro atoms. The van der Waals surface area contributed by atoms with Crippen molar-refractivity contribution in [3.05, 3.63) is 82.6 Å². The molecule has 6 heteroatoms. The van der Waals surface area contributed by atoms with Gasteiger partial charge in [-0.2, -0.15) is 5.10 Å². The Hall–Kier alpha value is -3.41. The molecule has 0 saturated heterocycles. The fourth-order valence-electron chi connectivity index (χ4n) is 2.70. The first-order valence-corrected chi connectivity index (χ1v) is 9.27. The van der Waals surface area contributed by atoms with E-state index in [4.69, 9.17) is 4.74 Å². The molecule has 28 heavy (non-hydrogen) atoms. The quantitative estimate of drug-likeness (QED) is 0.613. The molecule has 1 heterocycles. The van der Waals surface area contributed by atoms with Gasteiger partial charge in [0.1, 0.15) is 18.9 Å². The summed E-state index contributed by atoms with van der Waals surface area (Å²) in [4.78, 5) is 24.2. The average Bonchev–Trinajstić information content (AvgIpc) is 2.74. The molecule has 0 radical (unpaired) electrons. The maximum Gasteiger partial charge on any atom is 0.267 e. The van der Waals surface area contributed by atoms with E-state index in [1.807, 2.05) is 54.6 Å². The highest BCUT2D eigenvalue weighted by Gasteiger charge is 2.08. The monoisotopic (exact) mass is 377 g/mol. The molecule has 0 saturated carbocycles. The number of aryl methyl sites for hydroxylation is 1. The van der Waals surface area contributed by atoms with E-state index < -0.39 is 0 Å². The second-order valence-corrected chi connectivity index (χ2v) is 6.28. The second kappa shape index (κ2) is 9.50. The highest BCUT2D eigenvalue weighted by Crippen LogP contribution is 2.16. The Kier molecular flexibility index (Phi) is 6.57. The van der Waals surface area contributed by atoms with Crippen LogP contribution in [0.5, 0.6) is 5.75 Å². The third-order valence-corrected chi connectivity index (χ3v) is 4.25. The maximum atomic E-state index is 12.1. The number of ether oxygens (including phenoxy) is 1. The third kappa shape index (κ3) is 5.30. The Labute approximate surface area is 163 Å². The number of nitrogens with one attached hydrogen (secondary N) is 1. The van der Waals surface area contributed by atoms with Gasteiger partial charge in [-0.3, -0.25) is 9.59 Å². The Morgan fingerprint density at radius 1 is 1.04 bits per heavy atom. The number of amides is 1. The average molecular weight is 377 g/mol. The predicted molar refractivity (Wildman–Crippen MR) is 108 cm³/mol. The summed E-state index contributed by atoms with van der Waals surface area (Å²) in [5.74, 6) is 0.459. The number of rotatable bonds is 8. The standard InChI is InChI=1S/C22H23N3O3/c1-2-17-8-10-18(11-9-17)20-12-13-22(27)25(24-20)16-21(26)23-14-15-28-19-6-4-3-5-7-19/h3-13H,2,14-16H2,1H3,(H,23,26). The van der Waals surface area contributed by atoms with Crippen molar-refractivity contribution in [2.45, 2.75) is 19.9 Å². The lowest BCUT2D eigenvalue weighted by Crippen LogP contribution is -2.35. The van der Waals surface area contributed by atoms with Crippen molar-refractivity contribution < 1.29 is 9.53 Å². The van der Waals surface area contributed by atoms with Gasteiger partial charge < -0.3 is 10.1 Å². The van der Waals surface area contributed by atoms with Crippen LogP contribution < -0.4 is 15.6 Å². The Bertz CT molecular complexity index is 966. The number of carbonyl (C=O) groups excluding carboxylic acids is 1. The largest absolute Gasteiger partial charge is 0.492 e. The van der Waals surface area contributed by atoms with E-state index in [2.05, 4.69) is 17.3 Å². The van der Waals surface area contributed by atoms with Crippen LogP contribution in [0.2, 0.25) is 0 Å². The minimum atomic E-state index is -0.315. The van der Waals surface area contributed by atoms with E-state index in [1.165, 1.54) is 16.3 Å². The molecule has 0 unspecified atom stereocenters. The van der Waals surface area contributed by atoms with Crippen LogP contribution in [0.4, 0.5) is 0 Å². The highest BCUT2D eigenvalue weighted by molar-refractivity contribution is 5.75. The first kappa shape index (κ1) is 19.4. The van der Waals surface area contributed by atoms with Gasteiger partial charge in [0.2, 0.25) is 5.91 Å². The minimum absolute atomic E-state index is 0.134. The normalized spacial score (nSPS) is 10.5. The van der Waals surface area contributed by atoms with E-state index in [9.17, 15) is 9.59 Å². The van der Waals surface area contributed by atoms with E-state index in [0.29, 0.717) is 18.8 Å². The lowest BCUT2D eigenvalue weighted by molar-refractivity contribution is -0.122. The van der Waals surface area contributed by atoms with E-state index >= 15 is 0 Å². The molecule has 1 amide bonds. The molecular weight excluding hydrogens is 354 g/mol. The number of hydrogen-bond donors (Lipinski definition) is 1. The van der Waals surface area contributed by atoms with Crippen LogP contribution in [0.25, 0.3) is 11.3 Å². The van der Waals surface area contributed by atoms with E-state index in [0.717, 1.165) is 17.7 Å². The van der Waals surface area contributed by atoms with Gasteiger partial charge in [0.15, 0.2) is 0 Å². The van der Waals surface area contributed by atoms with Crippen LogP contribution in [0.1, 0.15) is 12.5 Å². The van der Waals surface area contributed by atoms with Crippen molar-refractivity contribution in [1.29, 1.82) is 0 Å². The minimum Gasteiger partial charge on any atom is -0.492 e. The van der Waals surface area contributed by atoms with Crippen LogP contribution >= 0.6 is 0 Å². The van der Waals surface area contributed by atoms with Crippen LogP contribution in [0.15, 0.2) is 71.5 Å². The summed E-state index contributed by atoms with van der Waals surface area (Å²) < 4.78 is 6.70. The highest BCUT2D eigenvalue weighted by atomic mass is 16.5. The SMILES string of the molecule is CCc1ccc(-c2ccc(=O)n(CC(=O)NCCOc3ccccc3)n2)cc1. The Balaban J connectivity index is 1.56. The molecule has 3 rings (SSSR count). The predicted octanol–water partition coefficient (Wildman–Crippen LogP) is 2.67. The zero-order valence-electron chi connectivity index (χ0n) is 15.8. The van der Waals surface area contributed by atoms with Gasteiger partial charge in [0.05, 0.1) is 12.2 Å². The van der Waals surface area contributed by atoms with Crippen LogP contribution in [0.3, 0.4) is 0 Å². The van der Waals surface area contributed by atoms with Crippen molar-refractivity contribution in [2.24, 2.45) is 0 Å². The third-order valence-electron chi connectivity index (χ3n) is 4.25. The lowest BCUT2D eigenvalue weighted by atomic mass is 10.1. The lowest BCUT2D eigenvalue weighted by Gasteiger charge is -2.09. The van der Waals surface area contributed by atoms with Crippen molar-refractivity contribution in [3.8, 4) is 17.0 Å². The van der Waals surface area contributed by atoms with E-state index in [-0.39, 0.29) is 18.0 Å². The molecule has 1 aromatic heterocycles. The smallest absolute Gasteiger partial charge is 0.267 e. The van der Waals surface area contributed by atoms with Gasteiger partial charge in [-0.25, -0.2) is 4.68 Å². The molecule has 2 aromatic carbocycles. The zero-order valence-corrected chi connectivity index (χ0v) is 15.8. The number of nitrogens with zero attached hydrogens (tertiary/aromatic N) is 2. The number of benzene rings is 2. The topological polar surface area (TPSA) is 73.2 Å². The fraction of sp³-hybridized carbons (Fsp3) is 0.227. The van der Waals surface area contributed by atoms with Gasteiger partial charge in [-0.15, -0.1) is 0 Å². The molecule has 3 aromatic rings. The summed E-state index contributed by atoms with van der Waals surface area (Å²) in [6.07, 6.45) is 0.960. The van der Waals surface area contributed by atoms with Crippen LogP contribution in [0, 0.1) is 0 Å². The fourth-order valence-corrected chi connectivity index (χ4v) is 2.70. The number of hydrogen-bond acceptors (Lipinski definition) is 4. The first-order valence-electron chi connectivity index (χ1n) is 9.27. The summed E-state index contributed by atoms with van der Waals surface area (Å²) >= 11 is 0. The van der Waals surface area contributed by atoms with Gasteiger partial charge in [-0.05, 0) is 30.2 Å². The molecule has 0 aliphatic carbocycles. The van der Waals surface area contributed by atoms with Gasteiger partial charge >= 0.3 is 0 Å². The Morgan fingerprint density at radius 3 is 2.50 bits per heavy atom. The van der Waals surface area contributed by atoms with Crippen LogP contribution in [-0.2, 0) is 17.8 Å². The second-order valence-electron chi connectivity index (χ2n) is 6.28. The molecule has 0 fully saturated rings. The van der Waals surface area contributed by atoms with Gasteiger partial charge in [0, 0.05) is 11.6 Å². The molecular formula is C22H23N3O3.